The normalized spacial score (nSPS) is 21.2. The van der Waals surface area contributed by atoms with Crippen molar-refractivity contribution in [2.24, 2.45) is 5.92 Å². The number of carbonyl (C=O) groups excluding carboxylic acids is 3. The molecule has 5 nitrogen and oxygen atoms in total. The molecule has 0 amide bonds. The van der Waals surface area contributed by atoms with Gasteiger partial charge in [0.25, 0.3) is 0 Å². The van der Waals surface area contributed by atoms with E-state index in [0.29, 0.717) is 5.56 Å². The molecule has 0 fully saturated rings. The maximum atomic E-state index is 12.6. The first kappa shape index (κ1) is 17.9. The van der Waals surface area contributed by atoms with Crippen molar-refractivity contribution in [1.29, 1.82) is 0 Å². The summed E-state index contributed by atoms with van der Waals surface area (Å²) in [6.45, 7) is 6.86. The molecule has 0 aromatic heterocycles. The lowest BCUT2D eigenvalue weighted by molar-refractivity contribution is -0.171. The third kappa shape index (κ3) is 4.31. The minimum absolute atomic E-state index is 0.104. The molecule has 1 aliphatic heterocycles. The number of ether oxygens (including phenoxy) is 2. The zero-order valence-corrected chi connectivity index (χ0v) is 14.4. The van der Waals surface area contributed by atoms with Gasteiger partial charge in [-0.05, 0) is 33.8 Å². The summed E-state index contributed by atoms with van der Waals surface area (Å²) >= 11 is 0. The van der Waals surface area contributed by atoms with Gasteiger partial charge in [-0.25, -0.2) is 4.79 Å². The van der Waals surface area contributed by atoms with E-state index in [1.54, 1.807) is 52.0 Å². The molecule has 0 saturated heterocycles. The Morgan fingerprint density at radius 2 is 1.83 bits per heavy atom. The molecule has 0 spiro atoms. The largest absolute Gasteiger partial charge is 0.460 e. The topological polar surface area (TPSA) is 69.7 Å². The average molecular weight is 330 g/mol. The van der Waals surface area contributed by atoms with Crippen LogP contribution in [0.2, 0.25) is 0 Å². The van der Waals surface area contributed by atoms with E-state index in [2.05, 4.69) is 0 Å². The van der Waals surface area contributed by atoms with Crippen LogP contribution in [0.15, 0.2) is 42.5 Å². The number of Topliss-reactive ketones (excluding diaryl/α,β-unsaturated/α-hetero) is 1. The van der Waals surface area contributed by atoms with Crippen LogP contribution in [0.4, 0.5) is 0 Å². The minimum atomic E-state index is -1.19. The van der Waals surface area contributed by atoms with Crippen LogP contribution in [0.25, 0.3) is 0 Å². The fourth-order valence-corrected chi connectivity index (χ4v) is 2.53. The smallest absolute Gasteiger partial charge is 0.331 e. The second kappa shape index (κ2) is 6.59. The summed E-state index contributed by atoms with van der Waals surface area (Å²) in [6.07, 6.45) is 2.68. The zero-order chi connectivity index (χ0) is 18.0. The molecule has 1 heterocycles. The summed E-state index contributed by atoms with van der Waals surface area (Å²) in [5.41, 5.74) is -1.39. The van der Waals surface area contributed by atoms with E-state index in [0.717, 1.165) is 0 Å². The maximum Gasteiger partial charge on any atom is 0.331 e. The van der Waals surface area contributed by atoms with Crippen LogP contribution in [0.5, 0.6) is 0 Å². The first-order chi connectivity index (χ1) is 11.1. The lowest BCUT2D eigenvalue weighted by Crippen LogP contribution is -2.43. The van der Waals surface area contributed by atoms with Crippen molar-refractivity contribution in [2.75, 3.05) is 0 Å². The van der Waals surface area contributed by atoms with Gasteiger partial charge in [0.2, 0.25) is 0 Å². The number of benzene rings is 1. The summed E-state index contributed by atoms with van der Waals surface area (Å²) in [4.78, 5) is 36.6. The predicted molar refractivity (Wildman–Crippen MR) is 88.4 cm³/mol. The third-order valence-corrected chi connectivity index (χ3v) is 3.74. The van der Waals surface area contributed by atoms with Crippen LogP contribution in [-0.2, 0) is 19.1 Å². The van der Waals surface area contributed by atoms with E-state index < -0.39 is 29.1 Å². The molecule has 1 aromatic carbocycles. The van der Waals surface area contributed by atoms with Gasteiger partial charge in [0.1, 0.15) is 17.1 Å². The van der Waals surface area contributed by atoms with E-state index in [9.17, 15) is 14.4 Å². The lowest BCUT2D eigenvalue weighted by Gasteiger charge is -2.32. The average Bonchev–Trinajstić information content (AvgIpc) is 2.83. The van der Waals surface area contributed by atoms with Gasteiger partial charge in [0.05, 0.1) is 0 Å². The predicted octanol–water partition coefficient (Wildman–Crippen LogP) is 3.09. The van der Waals surface area contributed by atoms with Crippen molar-refractivity contribution in [3.8, 4) is 0 Å². The lowest BCUT2D eigenvalue weighted by atomic mass is 9.84. The second-order valence-electron chi connectivity index (χ2n) is 7.02. The molecular weight excluding hydrogens is 308 g/mol. The Morgan fingerprint density at radius 1 is 1.21 bits per heavy atom. The van der Waals surface area contributed by atoms with Gasteiger partial charge in [-0.15, -0.1) is 0 Å². The highest BCUT2D eigenvalue weighted by molar-refractivity contribution is 5.98. The molecule has 2 rings (SSSR count). The van der Waals surface area contributed by atoms with Crippen molar-refractivity contribution in [3.05, 3.63) is 48.0 Å². The summed E-state index contributed by atoms with van der Waals surface area (Å²) in [5.74, 6) is -2.21. The zero-order valence-electron chi connectivity index (χ0n) is 14.4. The van der Waals surface area contributed by atoms with Gasteiger partial charge < -0.3 is 9.47 Å². The molecular formula is C19H22O5. The molecule has 0 bridgehead atoms. The van der Waals surface area contributed by atoms with E-state index in [1.807, 2.05) is 6.07 Å². The van der Waals surface area contributed by atoms with Crippen molar-refractivity contribution in [3.63, 3.8) is 0 Å². The molecule has 128 valence electrons. The molecule has 2 unspecified atom stereocenters. The summed E-state index contributed by atoms with van der Waals surface area (Å²) < 4.78 is 10.7. The number of rotatable bonds is 5. The van der Waals surface area contributed by atoms with Gasteiger partial charge in [-0.1, -0.05) is 30.3 Å². The van der Waals surface area contributed by atoms with Crippen LogP contribution in [0.1, 0.15) is 44.5 Å². The highest BCUT2D eigenvalue weighted by Crippen LogP contribution is 2.33. The molecule has 1 aromatic rings. The Hall–Kier alpha value is -2.43. The van der Waals surface area contributed by atoms with Gasteiger partial charge in [-0.3, -0.25) is 9.59 Å². The SMILES string of the molecule is CC(C)(C)OC(=O)C(CC(=O)c1ccccc1)C1(C)C=CC(=O)O1. The third-order valence-electron chi connectivity index (χ3n) is 3.74. The molecule has 0 N–H and O–H groups in total. The Morgan fingerprint density at radius 3 is 2.33 bits per heavy atom. The minimum Gasteiger partial charge on any atom is -0.460 e. The second-order valence-corrected chi connectivity index (χ2v) is 7.02. The summed E-state index contributed by atoms with van der Waals surface area (Å²) in [6, 6.07) is 8.70. The number of cyclic esters (lactones) is 1. The van der Waals surface area contributed by atoms with E-state index >= 15 is 0 Å². The molecule has 0 aliphatic carbocycles. The number of esters is 2. The first-order valence-electron chi connectivity index (χ1n) is 7.84. The van der Waals surface area contributed by atoms with E-state index in [1.165, 1.54) is 12.2 Å². The van der Waals surface area contributed by atoms with Gasteiger partial charge >= 0.3 is 11.9 Å². The molecule has 5 heteroatoms. The maximum absolute atomic E-state index is 12.6. The number of hydrogen-bond donors (Lipinski definition) is 0. The summed E-state index contributed by atoms with van der Waals surface area (Å²) in [7, 11) is 0. The quantitative estimate of drug-likeness (QED) is 0.613. The Labute approximate surface area is 141 Å². The standard InChI is InChI=1S/C19H22O5/c1-18(2,3)24-17(22)14(19(4)11-10-16(21)23-19)12-15(20)13-8-6-5-7-9-13/h5-11,14H,12H2,1-4H3. The first-order valence-corrected chi connectivity index (χ1v) is 7.84. The monoisotopic (exact) mass is 330 g/mol. The fourth-order valence-electron chi connectivity index (χ4n) is 2.53. The van der Waals surface area contributed by atoms with Crippen LogP contribution >= 0.6 is 0 Å². The number of carbonyl (C=O) groups is 3. The summed E-state index contributed by atoms with van der Waals surface area (Å²) in [5, 5.41) is 0. The molecule has 1 aliphatic rings. The number of hydrogen-bond acceptors (Lipinski definition) is 5. The molecule has 0 saturated carbocycles. The molecule has 0 radical (unpaired) electrons. The van der Waals surface area contributed by atoms with Crippen LogP contribution in [0.3, 0.4) is 0 Å². The Bertz CT molecular complexity index is 669. The molecule has 2 atom stereocenters. The van der Waals surface area contributed by atoms with E-state index in [4.69, 9.17) is 9.47 Å². The van der Waals surface area contributed by atoms with Gasteiger partial charge in [0, 0.05) is 18.1 Å². The van der Waals surface area contributed by atoms with Crippen LogP contribution in [-0.4, -0.2) is 28.9 Å². The van der Waals surface area contributed by atoms with E-state index in [-0.39, 0.29) is 12.2 Å². The highest BCUT2D eigenvalue weighted by atomic mass is 16.6. The Balaban J connectivity index is 2.26. The highest BCUT2D eigenvalue weighted by Gasteiger charge is 2.46. The van der Waals surface area contributed by atoms with Gasteiger partial charge in [-0.2, -0.15) is 0 Å². The van der Waals surface area contributed by atoms with Gasteiger partial charge in [0.15, 0.2) is 5.78 Å². The van der Waals surface area contributed by atoms with Crippen LogP contribution in [0, 0.1) is 5.92 Å². The van der Waals surface area contributed by atoms with Crippen LogP contribution < -0.4 is 0 Å². The van der Waals surface area contributed by atoms with Crippen molar-refractivity contribution >= 4 is 17.7 Å². The van der Waals surface area contributed by atoms with Crippen molar-refractivity contribution in [1.82, 2.24) is 0 Å². The fraction of sp³-hybridized carbons (Fsp3) is 0.421. The van der Waals surface area contributed by atoms with Crippen molar-refractivity contribution < 1.29 is 23.9 Å². The Kier molecular flexibility index (Phi) is 4.92. The van der Waals surface area contributed by atoms with Crippen molar-refractivity contribution in [2.45, 2.75) is 45.3 Å². The number of ketones is 1. The molecule has 24 heavy (non-hydrogen) atoms.